The lowest BCUT2D eigenvalue weighted by atomic mass is 10.1. The van der Waals surface area contributed by atoms with E-state index in [-0.39, 0.29) is 11.7 Å². The van der Waals surface area contributed by atoms with Crippen LogP contribution in [0.15, 0.2) is 42.5 Å². The number of carbonyl (C=O) groups is 1. The molecule has 2 aromatic carbocycles. The van der Waals surface area contributed by atoms with Gasteiger partial charge in [0.15, 0.2) is 0 Å². The van der Waals surface area contributed by atoms with Gasteiger partial charge >= 0.3 is 0 Å². The van der Waals surface area contributed by atoms with Crippen molar-refractivity contribution in [3.63, 3.8) is 0 Å². The molecular weight excluding hydrogens is 348 g/mol. The molecule has 2 rings (SSSR count). The van der Waals surface area contributed by atoms with E-state index in [0.29, 0.717) is 22.0 Å². The van der Waals surface area contributed by atoms with E-state index in [4.69, 9.17) is 11.6 Å². The van der Waals surface area contributed by atoms with Crippen LogP contribution < -0.4 is 9.62 Å². The van der Waals surface area contributed by atoms with Gasteiger partial charge in [-0.3, -0.25) is 9.10 Å². The Labute approximate surface area is 147 Å². The van der Waals surface area contributed by atoms with E-state index in [1.165, 1.54) is 11.4 Å². The number of rotatable bonds is 5. The van der Waals surface area contributed by atoms with Crippen LogP contribution in [-0.4, -0.2) is 27.1 Å². The third-order valence-electron chi connectivity index (χ3n) is 3.79. The zero-order valence-corrected chi connectivity index (χ0v) is 15.3. The first-order chi connectivity index (χ1) is 11.3. The van der Waals surface area contributed by atoms with Gasteiger partial charge in [-0.2, -0.15) is 0 Å². The lowest BCUT2D eigenvalue weighted by Gasteiger charge is -2.18. The lowest BCUT2D eigenvalue weighted by molar-refractivity contribution is 0.102. The number of hydrogen-bond donors (Lipinski definition) is 1. The molecule has 0 radical (unpaired) electrons. The van der Waals surface area contributed by atoms with Gasteiger partial charge in [-0.15, -0.1) is 0 Å². The van der Waals surface area contributed by atoms with Crippen molar-refractivity contribution in [2.45, 2.75) is 13.8 Å². The van der Waals surface area contributed by atoms with Crippen molar-refractivity contribution in [3.05, 3.63) is 58.6 Å². The number of benzene rings is 2. The number of halogens is 1. The van der Waals surface area contributed by atoms with E-state index in [9.17, 15) is 13.2 Å². The number of amides is 1. The van der Waals surface area contributed by atoms with E-state index in [0.717, 1.165) is 5.56 Å². The smallest absolute Gasteiger partial charge is 0.255 e. The van der Waals surface area contributed by atoms with Gasteiger partial charge < -0.3 is 5.32 Å². The average Bonchev–Trinajstić information content (AvgIpc) is 2.58. The molecule has 1 amide bonds. The topological polar surface area (TPSA) is 66.5 Å². The molecule has 5 nitrogen and oxygen atoms in total. The summed E-state index contributed by atoms with van der Waals surface area (Å²) >= 11 is 6.04. The molecule has 0 aliphatic carbocycles. The SMILES string of the molecule is CCS(=O)(=O)N(C)c1ccc(C(=O)Nc2cccc(Cl)c2C)cc1. The van der Waals surface area contributed by atoms with Crippen molar-refractivity contribution in [2.24, 2.45) is 0 Å². The summed E-state index contributed by atoms with van der Waals surface area (Å²) in [7, 11) is -1.84. The Morgan fingerprint density at radius 2 is 1.79 bits per heavy atom. The average molecular weight is 367 g/mol. The van der Waals surface area contributed by atoms with E-state index in [1.54, 1.807) is 49.4 Å². The van der Waals surface area contributed by atoms with Gasteiger partial charge in [-0.1, -0.05) is 17.7 Å². The van der Waals surface area contributed by atoms with E-state index < -0.39 is 10.0 Å². The van der Waals surface area contributed by atoms with Crippen LogP contribution in [0.25, 0.3) is 0 Å². The third-order valence-corrected chi connectivity index (χ3v) is 5.98. The Bertz CT molecular complexity index is 849. The van der Waals surface area contributed by atoms with E-state index in [2.05, 4.69) is 5.32 Å². The highest BCUT2D eigenvalue weighted by molar-refractivity contribution is 7.92. The number of sulfonamides is 1. The van der Waals surface area contributed by atoms with Gasteiger partial charge in [0.1, 0.15) is 0 Å². The molecule has 0 saturated carbocycles. The number of nitrogens with zero attached hydrogens (tertiary/aromatic N) is 1. The zero-order chi connectivity index (χ0) is 17.9. The first-order valence-corrected chi connectivity index (χ1v) is 9.38. The molecule has 7 heteroatoms. The Balaban J connectivity index is 2.19. The van der Waals surface area contributed by atoms with Crippen LogP contribution in [0.3, 0.4) is 0 Å². The Morgan fingerprint density at radius 1 is 1.17 bits per heavy atom. The molecular formula is C17H19ClN2O3S. The first-order valence-electron chi connectivity index (χ1n) is 7.39. The second-order valence-electron chi connectivity index (χ2n) is 5.28. The van der Waals surface area contributed by atoms with Gasteiger partial charge in [0.25, 0.3) is 5.91 Å². The Kier molecular flexibility index (Phi) is 5.51. The molecule has 128 valence electrons. The molecule has 24 heavy (non-hydrogen) atoms. The minimum Gasteiger partial charge on any atom is -0.322 e. The Hall–Kier alpha value is -2.05. The van der Waals surface area contributed by atoms with Crippen LogP contribution in [0.4, 0.5) is 11.4 Å². The van der Waals surface area contributed by atoms with Gasteiger partial charge in [0, 0.05) is 23.3 Å². The van der Waals surface area contributed by atoms with Crippen molar-refractivity contribution in [1.82, 2.24) is 0 Å². The summed E-state index contributed by atoms with van der Waals surface area (Å²) < 4.78 is 24.9. The molecule has 0 heterocycles. The van der Waals surface area contributed by atoms with E-state index >= 15 is 0 Å². The van der Waals surface area contributed by atoms with Crippen LogP contribution in [0, 0.1) is 6.92 Å². The normalized spacial score (nSPS) is 11.2. The summed E-state index contributed by atoms with van der Waals surface area (Å²) in [4.78, 5) is 12.3. The zero-order valence-electron chi connectivity index (χ0n) is 13.7. The number of anilines is 2. The second-order valence-corrected chi connectivity index (χ2v) is 7.98. The fourth-order valence-electron chi connectivity index (χ4n) is 2.11. The number of carbonyl (C=O) groups excluding carboxylic acids is 1. The van der Waals surface area contributed by atoms with Gasteiger partial charge in [-0.05, 0) is 55.8 Å². The fourth-order valence-corrected chi connectivity index (χ4v) is 3.12. The first kappa shape index (κ1) is 18.3. The predicted octanol–water partition coefficient (Wildman–Crippen LogP) is 3.69. The molecule has 0 aromatic heterocycles. The molecule has 0 unspecified atom stereocenters. The van der Waals surface area contributed by atoms with Crippen molar-refractivity contribution < 1.29 is 13.2 Å². The lowest BCUT2D eigenvalue weighted by Crippen LogP contribution is -2.28. The molecule has 1 N–H and O–H groups in total. The molecule has 2 aromatic rings. The third kappa shape index (κ3) is 3.88. The monoisotopic (exact) mass is 366 g/mol. The summed E-state index contributed by atoms with van der Waals surface area (Å²) in [5.41, 5.74) is 2.37. The summed E-state index contributed by atoms with van der Waals surface area (Å²) in [5, 5.41) is 3.38. The molecule has 0 atom stereocenters. The van der Waals surface area contributed by atoms with Crippen LogP contribution in [-0.2, 0) is 10.0 Å². The van der Waals surface area contributed by atoms with Crippen molar-refractivity contribution in [1.29, 1.82) is 0 Å². The van der Waals surface area contributed by atoms with Crippen LogP contribution in [0.1, 0.15) is 22.8 Å². The Morgan fingerprint density at radius 3 is 2.38 bits per heavy atom. The van der Waals surface area contributed by atoms with Gasteiger partial charge in [-0.25, -0.2) is 8.42 Å². The minimum atomic E-state index is -3.33. The van der Waals surface area contributed by atoms with Crippen molar-refractivity contribution >= 4 is 38.9 Å². The maximum atomic E-state index is 12.3. The van der Waals surface area contributed by atoms with Crippen molar-refractivity contribution in [3.8, 4) is 0 Å². The molecule has 0 bridgehead atoms. The molecule has 0 aliphatic heterocycles. The highest BCUT2D eigenvalue weighted by Gasteiger charge is 2.16. The van der Waals surface area contributed by atoms with Crippen LogP contribution >= 0.6 is 11.6 Å². The quantitative estimate of drug-likeness (QED) is 0.877. The standard InChI is InChI=1S/C17H19ClN2O3S/c1-4-24(22,23)20(3)14-10-8-13(9-11-14)17(21)19-16-7-5-6-15(18)12(16)2/h5-11H,4H2,1-3H3,(H,19,21). The molecule has 0 aliphatic rings. The molecule has 0 spiro atoms. The van der Waals surface area contributed by atoms with Crippen LogP contribution in [0.2, 0.25) is 5.02 Å². The highest BCUT2D eigenvalue weighted by Crippen LogP contribution is 2.24. The number of hydrogen-bond acceptors (Lipinski definition) is 3. The van der Waals surface area contributed by atoms with Gasteiger partial charge in [0.05, 0.1) is 11.4 Å². The van der Waals surface area contributed by atoms with E-state index in [1.807, 2.05) is 6.92 Å². The maximum Gasteiger partial charge on any atom is 0.255 e. The minimum absolute atomic E-state index is 0.0137. The highest BCUT2D eigenvalue weighted by atomic mass is 35.5. The second kappa shape index (κ2) is 7.23. The molecule has 0 fully saturated rings. The largest absolute Gasteiger partial charge is 0.322 e. The van der Waals surface area contributed by atoms with Crippen molar-refractivity contribution in [2.75, 3.05) is 22.4 Å². The summed E-state index contributed by atoms with van der Waals surface area (Å²) in [6.07, 6.45) is 0. The van der Waals surface area contributed by atoms with Gasteiger partial charge in [0.2, 0.25) is 10.0 Å². The number of nitrogens with one attached hydrogen (secondary N) is 1. The summed E-state index contributed by atoms with van der Waals surface area (Å²) in [6.45, 7) is 3.41. The summed E-state index contributed by atoms with van der Waals surface area (Å²) in [5.74, 6) is -0.271. The fraction of sp³-hybridized carbons (Fsp3) is 0.235. The summed E-state index contributed by atoms with van der Waals surface area (Å²) in [6, 6.07) is 11.7. The predicted molar refractivity (Wildman–Crippen MR) is 98.4 cm³/mol. The molecule has 0 saturated heterocycles. The maximum absolute atomic E-state index is 12.3. The van der Waals surface area contributed by atoms with Crippen LogP contribution in [0.5, 0.6) is 0 Å².